The van der Waals surface area contributed by atoms with Gasteiger partial charge in [0, 0.05) is 9.13 Å². The lowest BCUT2D eigenvalue weighted by Crippen LogP contribution is -2.40. The summed E-state index contributed by atoms with van der Waals surface area (Å²) >= 11 is 1.98. The molecule has 7 heteroatoms. The summed E-state index contributed by atoms with van der Waals surface area (Å²) in [5.41, 5.74) is -0.475. The van der Waals surface area contributed by atoms with Crippen LogP contribution in [-0.4, -0.2) is 23.4 Å². The first-order chi connectivity index (χ1) is 8.29. The maximum atomic E-state index is 12.7. The predicted octanol–water partition coefficient (Wildman–Crippen LogP) is 3.08. The van der Waals surface area contributed by atoms with Gasteiger partial charge in [-0.2, -0.15) is 13.2 Å². The molecule has 18 heavy (non-hydrogen) atoms. The molecule has 0 aliphatic carbocycles. The fourth-order valence-electron chi connectivity index (χ4n) is 1.59. The van der Waals surface area contributed by atoms with Gasteiger partial charge in [0.15, 0.2) is 0 Å². The number of halogens is 4. The maximum Gasteiger partial charge on any atom is 0.430 e. The van der Waals surface area contributed by atoms with Crippen LogP contribution in [0.15, 0.2) is 23.8 Å². The summed E-state index contributed by atoms with van der Waals surface area (Å²) in [6.45, 7) is 0. The minimum absolute atomic E-state index is 0.0303. The van der Waals surface area contributed by atoms with Gasteiger partial charge in [-0.15, -0.1) is 0 Å². The molecule has 0 aromatic heterocycles. The molecule has 3 nitrogen and oxygen atoms in total. The van der Waals surface area contributed by atoms with Crippen LogP contribution in [0, 0.1) is 3.57 Å². The van der Waals surface area contributed by atoms with E-state index in [-0.39, 0.29) is 5.75 Å². The van der Waals surface area contributed by atoms with E-state index in [2.05, 4.69) is 0 Å². The standard InChI is InChI=1S/C11H6F3IO3/c12-11(13,14)9-7(10(16)17)4-5-3-6(15)1-2-8(5)18-9/h1-4,9H,(H,16,17)/t9-/m0/s1. The molecule has 0 fully saturated rings. The van der Waals surface area contributed by atoms with Crippen molar-refractivity contribution in [2.24, 2.45) is 0 Å². The number of hydrogen-bond donors (Lipinski definition) is 1. The first-order valence-electron chi connectivity index (χ1n) is 4.77. The zero-order chi connectivity index (χ0) is 13.5. The first-order valence-corrected chi connectivity index (χ1v) is 5.84. The Hall–Kier alpha value is -1.25. The van der Waals surface area contributed by atoms with Crippen LogP contribution in [0.3, 0.4) is 0 Å². The number of alkyl halides is 3. The molecule has 1 aliphatic heterocycles. The molecule has 0 bridgehead atoms. The summed E-state index contributed by atoms with van der Waals surface area (Å²) in [6, 6.07) is 4.54. The van der Waals surface area contributed by atoms with Gasteiger partial charge in [0.05, 0.1) is 5.57 Å². The molecular weight excluding hydrogens is 364 g/mol. The minimum Gasteiger partial charge on any atom is -0.478 e. The Morgan fingerprint density at radius 3 is 2.61 bits per heavy atom. The molecule has 1 atom stereocenters. The quantitative estimate of drug-likeness (QED) is 0.773. The summed E-state index contributed by atoms with van der Waals surface area (Å²) in [5, 5.41) is 8.82. The Bertz CT molecular complexity index is 537. The summed E-state index contributed by atoms with van der Waals surface area (Å²) in [4.78, 5) is 10.9. The fourth-order valence-corrected chi connectivity index (χ4v) is 2.11. The smallest absolute Gasteiger partial charge is 0.430 e. The van der Waals surface area contributed by atoms with Crippen molar-refractivity contribution in [2.45, 2.75) is 12.3 Å². The zero-order valence-electron chi connectivity index (χ0n) is 8.66. The zero-order valence-corrected chi connectivity index (χ0v) is 10.8. The third-order valence-corrected chi connectivity index (χ3v) is 3.03. The second-order valence-corrected chi connectivity index (χ2v) is 4.87. The molecule has 2 rings (SSSR count). The number of benzene rings is 1. The lowest BCUT2D eigenvalue weighted by molar-refractivity contribution is -0.187. The first kappa shape index (κ1) is 13.2. The molecule has 0 unspecified atom stereocenters. The van der Waals surface area contributed by atoms with Gasteiger partial charge in [-0.05, 0) is 46.9 Å². The molecule has 1 aromatic rings. The number of ether oxygens (including phenoxy) is 1. The average Bonchev–Trinajstić information content (AvgIpc) is 2.25. The largest absolute Gasteiger partial charge is 0.478 e. The van der Waals surface area contributed by atoms with Crippen molar-refractivity contribution in [3.63, 3.8) is 0 Å². The summed E-state index contributed by atoms with van der Waals surface area (Å²) in [6.07, 6.45) is -6.19. The monoisotopic (exact) mass is 370 g/mol. The van der Waals surface area contributed by atoms with Crippen LogP contribution in [0.5, 0.6) is 5.75 Å². The summed E-state index contributed by atoms with van der Waals surface area (Å²) < 4.78 is 43.6. The van der Waals surface area contributed by atoms with Crippen molar-refractivity contribution in [3.8, 4) is 5.75 Å². The van der Waals surface area contributed by atoms with E-state index in [1.54, 1.807) is 12.1 Å². The van der Waals surface area contributed by atoms with Crippen LogP contribution < -0.4 is 4.74 Å². The van der Waals surface area contributed by atoms with Gasteiger partial charge >= 0.3 is 12.1 Å². The van der Waals surface area contributed by atoms with Gasteiger partial charge in [-0.25, -0.2) is 4.79 Å². The molecule has 1 aliphatic rings. The third kappa shape index (κ3) is 2.45. The molecule has 96 valence electrons. The SMILES string of the molecule is O=C(O)C1=Cc2cc(I)ccc2O[C@@H]1C(F)(F)F. The van der Waals surface area contributed by atoms with Gasteiger partial charge < -0.3 is 9.84 Å². The Labute approximate surface area is 113 Å². The number of carbonyl (C=O) groups is 1. The van der Waals surface area contributed by atoms with E-state index in [0.717, 1.165) is 9.65 Å². The minimum atomic E-state index is -4.76. The lowest BCUT2D eigenvalue weighted by atomic mass is 10.0. The highest BCUT2D eigenvalue weighted by atomic mass is 127. The van der Waals surface area contributed by atoms with E-state index in [1.165, 1.54) is 6.07 Å². The number of rotatable bonds is 1. The van der Waals surface area contributed by atoms with E-state index in [4.69, 9.17) is 9.84 Å². The Balaban J connectivity index is 2.53. The molecule has 0 saturated carbocycles. The summed E-state index contributed by atoms with van der Waals surface area (Å²) in [7, 11) is 0. The number of fused-ring (bicyclic) bond motifs is 1. The highest BCUT2D eigenvalue weighted by molar-refractivity contribution is 14.1. The number of aliphatic carboxylic acids is 1. The molecule has 0 saturated heterocycles. The molecule has 1 heterocycles. The summed E-state index contributed by atoms with van der Waals surface area (Å²) in [5.74, 6) is -1.61. The average molecular weight is 370 g/mol. The number of carboxylic acid groups (broad SMARTS) is 1. The predicted molar refractivity (Wildman–Crippen MR) is 65.2 cm³/mol. The van der Waals surface area contributed by atoms with Crippen LogP contribution >= 0.6 is 22.6 Å². The van der Waals surface area contributed by atoms with Crippen LogP contribution in [0.4, 0.5) is 13.2 Å². The molecule has 1 N–H and O–H groups in total. The Morgan fingerprint density at radius 1 is 1.39 bits per heavy atom. The molecular formula is C11H6F3IO3. The Kier molecular flexibility index (Phi) is 3.26. The van der Waals surface area contributed by atoms with Crippen molar-refractivity contribution in [1.29, 1.82) is 0 Å². The van der Waals surface area contributed by atoms with E-state index in [9.17, 15) is 18.0 Å². The van der Waals surface area contributed by atoms with Gasteiger partial charge in [0.25, 0.3) is 0 Å². The van der Waals surface area contributed by atoms with Crippen molar-refractivity contribution in [3.05, 3.63) is 32.9 Å². The van der Waals surface area contributed by atoms with Crippen LogP contribution in [-0.2, 0) is 4.79 Å². The lowest BCUT2D eigenvalue weighted by Gasteiger charge is -2.27. The second-order valence-electron chi connectivity index (χ2n) is 3.63. The van der Waals surface area contributed by atoms with Gasteiger partial charge in [-0.1, -0.05) is 0 Å². The van der Waals surface area contributed by atoms with Gasteiger partial charge in [0.2, 0.25) is 6.10 Å². The van der Waals surface area contributed by atoms with Crippen molar-refractivity contribution >= 4 is 34.6 Å². The van der Waals surface area contributed by atoms with E-state index in [0.29, 0.717) is 5.56 Å². The number of carboxylic acids is 1. The second kappa shape index (κ2) is 4.45. The molecule has 0 amide bonds. The molecule has 0 spiro atoms. The van der Waals surface area contributed by atoms with Crippen molar-refractivity contribution in [1.82, 2.24) is 0 Å². The third-order valence-electron chi connectivity index (χ3n) is 2.35. The molecule has 0 radical (unpaired) electrons. The van der Waals surface area contributed by atoms with E-state index < -0.39 is 23.8 Å². The topological polar surface area (TPSA) is 46.5 Å². The maximum absolute atomic E-state index is 12.7. The molecule has 1 aromatic carbocycles. The number of hydrogen-bond acceptors (Lipinski definition) is 2. The van der Waals surface area contributed by atoms with E-state index >= 15 is 0 Å². The van der Waals surface area contributed by atoms with Crippen LogP contribution in [0.25, 0.3) is 6.08 Å². The van der Waals surface area contributed by atoms with Gasteiger partial charge in [0.1, 0.15) is 5.75 Å². The van der Waals surface area contributed by atoms with Gasteiger partial charge in [-0.3, -0.25) is 0 Å². The Morgan fingerprint density at radius 2 is 2.06 bits per heavy atom. The van der Waals surface area contributed by atoms with Crippen molar-refractivity contribution in [2.75, 3.05) is 0 Å². The van der Waals surface area contributed by atoms with E-state index in [1.807, 2.05) is 22.6 Å². The van der Waals surface area contributed by atoms with Crippen LogP contribution in [0.2, 0.25) is 0 Å². The van der Waals surface area contributed by atoms with Crippen molar-refractivity contribution < 1.29 is 27.8 Å². The fraction of sp³-hybridized carbons (Fsp3) is 0.182. The highest BCUT2D eigenvalue weighted by Gasteiger charge is 2.48. The highest BCUT2D eigenvalue weighted by Crippen LogP contribution is 2.37. The normalized spacial score (nSPS) is 18.7. The van der Waals surface area contributed by atoms with Crippen LogP contribution in [0.1, 0.15) is 5.56 Å².